The minimum absolute atomic E-state index is 0.315. The van der Waals surface area contributed by atoms with Crippen molar-refractivity contribution in [2.45, 2.75) is 23.0 Å². The fourth-order valence-corrected chi connectivity index (χ4v) is 2.55. The van der Waals surface area contributed by atoms with E-state index in [2.05, 4.69) is 9.47 Å². The van der Waals surface area contributed by atoms with E-state index in [0.29, 0.717) is 0 Å². The van der Waals surface area contributed by atoms with Crippen molar-refractivity contribution in [1.29, 1.82) is 0 Å². The minimum Gasteiger partial charge on any atom is -0.463 e. The second kappa shape index (κ2) is 6.88. The highest BCUT2D eigenvalue weighted by Gasteiger charge is 2.47. The average Bonchev–Trinajstić information content (AvgIpc) is 2.63. The summed E-state index contributed by atoms with van der Waals surface area (Å²) in [6, 6.07) is 0. The molecule has 9 heteroatoms. The Morgan fingerprint density at radius 1 is 1.22 bits per heavy atom. The first-order chi connectivity index (χ1) is 8.49. The molecule has 1 unspecified atom stereocenters. The number of hydrogen-bond acceptors (Lipinski definition) is 8. The largest absolute Gasteiger partial charge is 0.463 e. The molecule has 7 nitrogen and oxygen atoms in total. The summed E-state index contributed by atoms with van der Waals surface area (Å²) in [6.07, 6.45) is -3.14. The van der Waals surface area contributed by atoms with Crippen LogP contribution in [0.3, 0.4) is 0 Å². The van der Waals surface area contributed by atoms with Crippen LogP contribution < -0.4 is 0 Å². The first-order valence-electron chi connectivity index (χ1n) is 5.04. The highest BCUT2D eigenvalue weighted by molar-refractivity contribution is 8.00. The van der Waals surface area contributed by atoms with Crippen LogP contribution in [0, 0.1) is 0 Å². The molecule has 0 aromatic rings. The van der Waals surface area contributed by atoms with Crippen molar-refractivity contribution >= 4 is 23.7 Å². The van der Waals surface area contributed by atoms with E-state index in [-0.39, 0.29) is 6.61 Å². The van der Waals surface area contributed by atoms with E-state index in [4.69, 9.17) is 10.2 Å². The summed E-state index contributed by atoms with van der Waals surface area (Å²) in [5.74, 6) is -1.93. The van der Waals surface area contributed by atoms with Crippen molar-refractivity contribution in [2.24, 2.45) is 0 Å². The van der Waals surface area contributed by atoms with Crippen molar-refractivity contribution < 1.29 is 38.8 Å². The zero-order chi connectivity index (χ0) is 13.7. The van der Waals surface area contributed by atoms with Gasteiger partial charge in [0.05, 0.1) is 5.25 Å². The van der Waals surface area contributed by atoms with Gasteiger partial charge in [0.15, 0.2) is 12.3 Å². The molecule has 0 spiro atoms. The smallest absolute Gasteiger partial charge is 0.332 e. The van der Waals surface area contributed by atoms with E-state index in [1.54, 1.807) is 0 Å². The van der Waals surface area contributed by atoms with Crippen LogP contribution in [0.4, 0.5) is 4.39 Å². The Morgan fingerprint density at radius 3 is 2.39 bits per heavy atom. The average molecular weight is 284 g/mol. The zero-order valence-corrected chi connectivity index (χ0v) is 10.0. The number of aliphatic hydroxyl groups is 3. The molecule has 3 N–H and O–H groups in total. The third-order valence-corrected chi connectivity index (χ3v) is 3.49. The van der Waals surface area contributed by atoms with Crippen LogP contribution in [0.1, 0.15) is 0 Å². The van der Waals surface area contributed by atoms with Gasteiger partial charge < -0.3 is 24.8 Å². The molecule has 1 fully saturated rings. The summed E-state index contributed by atoms with van der Waals surface area (Å²) < 4.78 is 22.7. The molecule has 0 aromatic carbocycles. The Bertz CT molecular complexity index is 313. The number of aliphatic hydroxyl groups excluding tert-OH is 3. The lowest BCUT2D eigenvalue weighted by Gasteiger charge is -2.19. The molecule has 0 aliphatic carbocycles. The second-order valence-corrected chi connectivity index (χ2v) is 4.82. The van der Waals surface area contributed by atoms with Gasteiger partial charge in [0.25, 0.3) is 0 Å². The van der Waals surface area contributed by atoms with E-state index in [1.165, 1.54) is 0 Å². The van der Waals surface area contributed by atoms with E-state index < -0.39 is 48.1 Å². The molecule has 4 atom stereocenters. The molecular weight excluding hydrogens is 271 g/mol. The molecule has 0 amide bonds. The predicted molar refractivity (Wildman–Crippen MR) is 57.3 cm³/mol. The van der Waals surface area contributed by atoms with Crippen molar-refractivity contribution in [3.8, 4) is 0 Å². The SMILES string of the molecule is O=C(CO)OC[C@H]1SC(O)[C@@H](F)[C@@H]1OC(=O)CO. The van der Waals surface area contributed by atoms with Gasteiger partial charge in [0, 0.05) is 0 Å². The van der Waals surface area contributed by atoms with Gasteiger partial charge >= 0.3 is 11.9 Å². The van der Waals surface area contributed by atoms with Crippen molar-refractivity contribution in [3.63, 3.8) is 0 Å². The van der Waals surface area contributed by atoms with Gasteiger partial charge in [0.2, 0.25) is 0 Å². The van der Waals surface area contributed by atoms with Crippen LogP contribution in [0.2, 0.25) is 0 Å². The van der Waals surface area contributed by atoms with E-state index >= 15 is 0 Å². The Balaban J connectivity index is 2.57. The topological polar surface area (TPSA) is 113 Å². The predicted octanol–water partition coefficient (Wildman–Crippen LogP) is -1.80. The first-order valence-corrected chi connectivity index (χ1v) is 5.98. The Hall–Kier alpha value is -0.900. The standard InChI is InChI=1S/C9H13FO7S/c10-7-8(17-6(14)2-12)4(18-9(7)15)3-16-5(13)1-11/h4,7-9,11-12,15H,1-3H2/t4-,7+,8-,9?/m1/s1. The van der Waals surface area contributed by atoms with Gasteiger partial charge in [-0.2, -0.15) is 0 Å². The van der Waals surface area contributed by atoms with Crippen LogP contribution in [0.15, 0.2) is 0 Å². The van der Waals surface area contributed by atoms with Crippen LogP contribution in [-0.2, 0) is 19.1 Å². The molecule has 18 heavy (non-hydrogen) atoms. The number of carbonyl (C=O) groups is 2. The maximum absolute atomic E-state index is 13.5. The minimum atomic E-state index is -1.83. The molecule has 0 aromatic heterocycles. The van der Waals surface area contributed by atoms with E-state index in [0.717, 1.165) is 11.8 Å². The lowest BCUT2D eigenvalue weighted by atomic mass is 10.2. The molecule has 1 heterocycles. The van der Waals surface area contributed by atoms with Crippen molar-refractivity contribution in [1.82, 2.24) is 0 Å². The molecule has 0 saturated carbocycles. The monoisotopic (exact) mass is 284 g/mol. The van der Waals surface area contributed by atoms with Gasteiger partial charge in [-0.25, -0.2) is 14.0 Å². The van der Waals surface area contributed by atoms with Crippen molar-refractivity contribution in [2.75, 3.05) is 19.8 Å². The number of rotatable bonds is 5. The highest BCUT2D eigenvalue weighted by Crippen LogP contribution is 2.36. The van der Waals surface area contributed by atoms with Gasteiger partial charge in [-0.05, 0) is 0 Å². The summed E-state index contributed by atoms with van der Waals surface area (Å²) in [4.78, 5) is 21.6. The fraction of sp³-hybridized carbons (Fsp3) is 0.778. The molecule has 1 aliphatic rings. The summed E-state index contributed by atoms with van der Waals surface area (Å²) in [5.41, 5.74) is -1.40. The van der Waals surface area contributed by atoms with Crippen molar-refractivity contribution in [3.05, 3.63) is 0 Å². The number of halogens is 1. The maximum Gasteiger partial charge on any atom is 0.332 e. The molecule has 1 saturated heterocycles. The van der Waals surface area contributed by atoms with Gasteiger partial charge in [-0.15, -0.1) is 11.8 Å². The van der Waals surface area contributed by atoms with Crippen LogP contribution in [-0.4, -0.2) is 70.0 Å². The lowest BCUT2D eigenvalue weighted by Crippen LogP contribution is -2.37. The molecule has 0 radical (unpaired) electrons. The third-order valence-electron chi connectivity index (χ3n) is 2.20. The number of alkyl halides is 1. The number of carbonyl (C=O) groups excluding carboxylic acids is 2. The summed E-state index contributed by atoms with van der Waals surface area (Å²) in [6.45, 7) is -2.04. The molecule has 1 rings (SSSR count). The second-order valence-electron chi connectivity index (χ2n) is 3.46. The number of ether oxygens (including phenoxy) is 2. The highest BCUT2D eigenvalue weighted by atomic mass is 32.2. The van der Waals surface area contributed by atoms with Gasteiger partial charge in [-0.1, -0.05) is 0 Å². The molecular formula is C9H13FO7S. The number of thioether (sulfide) groups is 1. The maximum atomic E-state index is 13.5. The Labute approximate surface area is 106 Å². The molecule has 0 bridgehead atoms. The van der Waals surface area contributed by atoms with Gasteiger partial charge in [-0.3, -0.25) is 0 Å². The summed E-state index contributed by atoms with van der Waals surface area (Å²) in [7, 11) is 0. The quantitative estimate of drug-likeness (QED) is 0.507. The van der Waals surface area contributed by atoms with Crippen LogP contribution in [0.5, 0.6) is 0 Å². The Morgan fingerprint density at radius 2 is 1.83 bits per heavy atom. The fourth-order valence-electron chi connectivity index (χ4n) is 1.38. The third kappa shape index (κ3) is 3.80. The molecule has 1 aliphatic heterocycles. The summed E-state index contributed by atoms with van der Waals surface area (Å²) >= 11 is 0.750. The molecule has 104 valence electrons. The lowest BCUT2D eigenvalue weighted by molar-refractivity contribution is -0.158. The number of esters is 2. The number of hydrogen-bond donors (Lipinski definition) is 3. The first kappa shape index (κ1) is 15.2. The zero-order valence-electron chi connectivity index (χ0n) is 9.19. The van der Waals surface area contributed by atoms with Crippen LogP contribution >= 0.6 is 11.8 Å². The normalized spacial score (nSPS) is 31.1. The van der Waals surface area contributed by atoms with Gasteiger partial charge in [0.1, 0.15) is 25.3 Å². The Kier molecular flexibility index (Phi) is 5.79. The van der Waals surface area contributed by atoms with E-state index in [9.17, 15) is 19.1 Å². The van der Waals surface area contributed by atoms with Crippen LogP contribution in [0.25, 0.3) is 0 Å². The summed E-state index contributed by atoms with van der Waals surface area (Å²) in [5, 5.41) is 25.4. The van der Waals surface area contributed by atoms with E-state index in [1.807, 2.05) is 0 Å².